The molecule has 0 spiro atoms. The molecule has 1 aromatic heterocycles. The minimum absolute atomic E-state index is 0.00204. The van der Waals surface area contributed by atoms with Crippen molar-refractivity contribution in [3.63, 3.8) is 0 Å². The number of carbonyl (C=O) groups is 1. The molecule has 144 valence electrons. The van der Waals surface area contributed by atoms with Gasteiger partial charge in [-0.15, -0.1) is 0 Å². The van der Waals surface area contributed by atoms with Crippen molar-refractivity contribution in [1.29, 1.82) is 0 Å². The standard InChI is InChI=1S/C21H29N5O/c1-5-24(6-2)21-22-17(4)15-19(23-21)20(27)26-12-10-25(11-13-26)18-9-7-8-16(3)14-18/h7-9,14-15H,5-6,10-13H2,1-4H3. The van der Waals surface area contributed by atoms with Gasteiger partial charge in [0.15, 0.2) is 0 Å². The summed E-state index contributed by atoms with van der Waals surface area (Å²) < 4.78 is 0. The van der Waals surface area contributed by atoms with E-state index < -0.39 is 0 Å². The maximum atomic E-state index is 13.0. The molecule has 1 amide bonds. The van der Waals surface area contributed by atoms with Crippen LogP contribution in [0.4, 0.5) is 11.6 Å². The fraction of sp³-hybridized carbons (Fsp3) is 0.476. The Morgan fingerprint density at radius 1 is 1.04 bits per heavy atom. The number of amides is 1. The van der Waals surface area contributed by atoms with E-state index in [0.717, 1.165) is 31.9 Å². The van der Waals surface area contributed by atoms with Crippen molar-refractivity contribution in [3.05, 3.63) is 47.3 Å². The van der Waals surface area contributed by atoms with Gasteiger partial charge in [-0.2, -0.15) is 0 Å². The lowest BCUT2D eigenvalue weighted by molar-refractivity contribution is 0.0740. The lowest BCUT2D eigenvalue weighted by Gasteiger charge is -2.36. The Balaban J connectivity index is 1.70. The van der Waals surface area contributed by atoms with Crippen molar-refractivity contribution >= 4 is 17.5 Å². The van der Waals surface area contributed by atoms with Gasteiger partial charge < -0.3 is 14.7 Å². The first-order valence-corrected chi connectivity index (χ1v) is 9.73. The van der Waals surface area contributed by atoms with Crippen LogP contribution in [-0.4, -0.2) is 60.0 Å². The van der Waals surface area contributed by atoms with Crippen LogP contribution in [0.2, 0.25) is 0 Å². The zero-order valence-electron chi connectivity index (χ0n) is 16.8. The number of piperazine rings is 1. The molecule has 0 radical (unpaired) electrons. The van der Waals surface area contributed by atoms with Gasteiger partial charge in [-0.25, -0.2) is 9.97 Å². The van der Waals surface area contributed by atoms with Crippen molar-refractivity contribution in [2.24, 2.45) is 0 Å². The van der Waals surface area contributed by atoms with Gasteiger partial charge >= 0.3 is 0 Å². The van der Waals surface area contributed by atoms with Crippen LogP contribution in [0.15, 0.2) is 30.3 Å². The third kappa shape index (κ3) is 4.38. The average molecular weight is 367 g/mol. The molecule has 0 N–H and O–H groups in total. The first-order chi connectivity index (χ1) is 13.0. The van der Waals surface area contributed by atoms with Crippen LogP contribution in [0.3, 0.4) is 0 Å². The molecule has 2 heterocycles. The van der Waals surface area contributed by atoms with Crippen molar-refractivity contribution in [1.82, 2.24) is 14.9 Å². The Hall–Kier alpha value is -2.63. The number of aryl methyl sites for hydroxylation is 2. The van der Waals surface area contributed by atoms with Crippen LogP contribution in [0, 0.1) is 13.8 Å². The number of carbonyl (C=O) groups excluding carboxylic acids is 1. The summed E-state index contributed by atoms with van der Waals surface area (Å²) in [5.41, 5.74) is 3.80. The molecule has 0 bridgehead atoms. The Kier molecular flexibility index (Phi) is 5.94. The minimum Gasteiger partial charge on any atom is -0.368 e. The van der Waals surface area contributed by atoms with E-state index in [1.54, 1.807) is 6.07 Å². The second-order valence-electron chi connectivity index (χ2n) is 6.99. The molecule has 1 aliphatic heterocycles. The lowest BCUT2D eigenvalue weighted by Crippen LogP contribution is -2.49. The summed E-state index contributed by atoms with van der Waals surface area (Å²) >= 11 is 0. The van der Waals surface area contributed by atoms with Gasteiger partial charge in [-0.3, -0.25) is 4.79 Å². The quantitative estimate of drug-likeness (QED) is 0.813. The first kappa shape index (κ1) is 19.1. The molecule has 0 atom stereocenters. The number of rotatable bonds is 5. The molecule has 3 rings (SSSR count). The van der Waals surface area contributed by atoms with E-state index in [0.29, 0.717) is 24.7 Å². The van der Waals surface area contributed by atoms with Crippen molar-refractivity contribution in [3.8, 4) is 0 Å². The monoisotopic (exact) mass is 367 g/mol. The number of nitrogens with zero attached hydrogens (tertiary/aromatic N) is 5. The van der Waals surface area contributed by atoms with E-state index in [1.165, 1.54) is 11.3 Å². The van der Waals surface area contributed by atoms with Crippen LogP contribution in [-0.2, 0) is 0 Å². The SMILES string of the molecule is CCN(CC)c1nc(C)cc(C(=O)N2CCN(c3cccc(C)c3)CC2)n1. The fourth-order valence-corrected chi connectivity index (χ4v) is 3.46. The van der Waals surface area contributed by atoms with Crippen LogP contribution >= 0.6 is 0 Å². The third-order valence-corrected chi connectivity index (χ3v) is 5.04. The molecule has 0 unspecified atom stereocenters. The number of anilines is 2. The van der Waals surface area contributed by atoms with E-state index in [4.69, 9.17) is 0 Å². The molecule has 2 aromatic rings. The maximum absolute atomic E-state index is 13.0. The molecule has 1 saturated heterocycles. The Morgan fingerprint density at radius 2 is 1.74 bits per heavy atom. The second kappa shape index (κ2) is 8.37. The fourth-order valence-electron chi connectivity index (χ4n) is 3.46. The van der Waals surface area contributed by atoms with E-state index in [2.05, 4.69) is 64.8 Å². The molecule has 1 aliphatic rings. The number of aromatic nitrogens is 2. The summed E-state index contributed by atoms with van der Waals surface area (Å²) in [7, 11) is 0. The number of hydrogen-bond acceptors (Lipinski definition) is 5. The van der Waals surface area contributed by atoms with Gasteiger partial charge in [-0.05, 0) is 51.5 Å². The number of hydrogen-bond donors (Lipinski definition) is 0. The van der Waals surface area contributed by atoms with Crippen LogP contribution < -0.4 is 9.80 Å². The summed E-state index contributed by atoms with van der Waals surface area (Å²) in [5.74, 6) is 0.638. The highest BCUT2D eigenvalue weighted by atomic mass is 16.2. The summed E-state index contributed by atoms with van der Waals surface area (Å²) in [6.45, 7) is 12.9. The topological polar surface area (TPSA) is 52.6 Å². The minimum atomic E-state index is -0.00204. The molecular formula is C21H29N5O. The Morgan fingerprint density at radius 3 is 2.37 bits per heavy atom. The summed E-state index contributed by atoms with van der Waals surface area (Å²) in [4.78, 5) is 28.4. The third-order valence-electron chi connectivity index (χ3n) is 5.04. The van der Waals surface area contributed by atoms with Crippen LogP contribution in [0.5, 0.6) is 0 Å². The van der Waals surface area contributed by atoms with Gasteiger partial charge in [0, 0.05) is 50.6 Å². The Labute approximate surface area is 161 Å². The highest BCUT2D eigenvalue weighted by Gasteiger charge is 2.24. The van der Waals surface area contributed by atoms with Crippen molar-refractivity contribution in [2.45, 2.75) is 27.7 Å². The zero-order chi connectivity index (χ0) is 19.4. The van der Waals surface area contributed by atoms with E-state index >= 15 is 0 Å². The van der Waals surface area contributed by atoms with Gasteiger partial charge in [-0.1, -0.05) is 12.1 Å². The predicted octanol–water partition coefficient (Wildman–Crippen LogP) is 2.90. The van der Waals surface area contributed by atoms with Gasteiger partial charge in [0.05, 0.1) is 0 Å². The van der Waals surface area contributed by atoms with Crippen molar-refractivity contribution in [2.75, 3.05) is 49.1 Å². The molecular weight excluding hydrogens is 338 g/mol. The second-order valence-corrected chi connectivity index (χ2v) is 6.99. The van der Waals surface area contributed by atoms with E-state index in [9.17, 15) is 4.79 Å². The summed E-state index contributed by atoms with van der Waals surface area (Å²) in [6, 6.07) is 10.3. The maximum Gasteiger partial charge on any atom is 0.272 e. The van der Waals surface area contributed by atoms with Gasteiger partial charge in [0.25, 0.3) is 5.91 Å². The van der Waals surface area contributed by atoms with Crippen molar-refractivity contribution < 1.29 is 4.79 Å². The average Bonchev–Trinajstić information content (AvgIpc) is 2.68. The van der Waals surface area contributed by atoms with Gasteiger partial charge in [0.1, 0.15) is 5.69 Å². The smallest absolute Gasteiger partial charge is 0.272 e. The largest absolute Gasteiger partial charge is 0.368 e. The number of benzene rings is 1. The molecule has 1 fully saturated rings. The van der Waals surface area contributed by atoms with E-state index in [1.807, 2.05) is 11.8 Å². The highest BCUT2D eigenvalue weighted by Crippen LogP contribution is 2.19. The molecule has 1 aromatic carbocycles. The lowest BCUT2D eigenvalue weighted by atomic mass is 10.2. The highest BCUT2D eigenvalue weighted by molar-refractivity contribution is 5.93. The molecule has 6 heteroatoms. The summed E-state index contributed by atoms with van der Waals surface area (Å²) in [5, 5.41) is 0. The van der Waals surface area contributed by atoms with E-state index in [-0.39, 0.29) is 5.91 Å². The molecule has 0 aliphatic carbocycles. The summed E-state index contributed by atoms with van der Waals surface area (Å²) in [6.07, 6.45) is 0. The normalized spacial score (nSPS) is 14.4. The zero-order valence-corrected chi connectivity index (χ0v) is 16.8. The van der Waals surface area contributed by atoms with Crippen LogP contribution in [0.25, 0.3) is 0 Å². The predicted molar refractivity (Wildman–Crippen MR) is 110 cm³/mol. The molecule has 27 heavy (non-hydrogen) atoms. The van der Waals surface area contributed by atoms with Gasteiger partial charge in [0.2, 0.25) is 5.95 Å². The first-order valence-electron chi connectivity index (χ1n) is 9.73. The Bertz CT molecular complexity index is 795. The molecule has 0 saturated carbocycles. The molecule has 6 nitrogen and oxygen atoms in total. The van der Waals surface area contributed by atoms with Crippen LogP contribution in [0.1, 0.15) is 35.6 Å².